The van der Waals surface area contributed by atoms with Crippen molar-refractivity contribution in [1.82, 2.24) is 5.32 Å². The van der Waals surface area contributed by atoms with Gasteiger partial charge in [-0.25, -0.2) is 0 Å². The summed E-state index contributed by atoms with van der Waals surface area (Å²) in [5, 5.41) is 3.53. The summed E-state index contributed by atoms with van der Waals surface area (Å²) >= 11 is 9.24. The van der Waals surface area contributed by atoms with Gasteiger partial charge in [-0.1, -0.05) is 34.5 Å². The van der Waals surface area contributed by atoms with Crippen molar-refractivity contribution in [3.63, 3.8) is 0 Å². The number of hydrogen-bond acceptors (Lipinski definition) is 1. The number of rotatable bonds is 4. The van der Waals surface area contributed by atoms with E-state index >= 15 is 0 Å². The second kappa shape index (κ2) is 5.40. The molecule has 2 nitrogen and oxygen atoms in total. The van der Waals surface area contributed by atoms with Gasteiger partial charge >= 0.3 is 0 Å². The molecule has 1 aromatic rings. The van der Waals surface area contributed by atoms with Gasteiger partial charge in [-0.15, -0.1) is 0 Å². The number of benzene rings is 1. The molecule has 1 aromatic carbocycles. The van der Waals surface area contributed by atoms with Crippen molar-refractivity contribution in [2.75, 3.05) is 6.54 Å². The van der Waals surface area contributed by atoms with Crippen LogP contribution in [0.5, 0.6) is 0 Å². The fraction of sp³-hybridized carbons (Fsp3) is 0.462. The van der Waals surface area contributed by atoms with Crippen molar-refractivity contribution in [1.29, 1.82) is 0 Å². The summed E-state index contributed by atoms with van der Waals surface area (Å²) in [4.78, 5) is 11.9. The lowest BCUT2D eigenvalue weighted by Gasteiger charge is -2.11. The van der Waals surface area contributed by atoms with Crippen LogP contribution < -0.4 is 5.32 Å². The molecule has 2 rings (SSSR count). The van der Waals surface area contributed by atoms with Gasteiger partial charge in [0, 0.05) is 21.6 Å². The molecule has 1 atom stereocenters. The van der Waals surface area contributed by atoms with Crippen LogP contribution in [-0.2, 0) is 0 Å². The van der Waals surface area contributed by atoms with Crippen LogP contribution in [0.4, 0.5) is 0 Å². The standard InChI is InChI=1S/C13H15BrClNO/c1-8(9-2-3-9)7-16-13(17)10-4-11(14)6-12(15)5-10/h4-6,8-9H,2-3,7H2,1H3,(H,16,17). The molecule has 1 aliphatic rings. The summed E-state index contributed by atoms with van der Waals surface area (Å²) in [5.74, 6) is 1.32. The van der Waals surface area contributed by atoms with Gasteiger partial charge in [0.15, 0.2) is 0 Å². The Balaban J connectivity index is 1.94. The summed E-state index contributed by atoms with van der Waals surface area (Å²) in [5.41, 5.74) is 0.604. The normalized spacial score (nSPS) is 16.6. The maximum absolute atomic E-state index is 11.9. The van der Waals surface area contributed by atoms with E-state index in [9.17, 15) is 4.79 Å². The van der Waals surface area contributed by atoms with E-state index in [1.54, 1.807) is 18.2 Å². The second-order valence-electron chi connectivity index (χ2n) is 4.68. The van der Waals surface area contributed by atoms with Crippen LogP contribution in [0.2, 0.25) is 5.02 Å². The largest absolute Gasteiger partial charge is 0.352 e. The van der Waals surface area contributed by atoms with Crippen molar-refractivity contribution in [3.8, 4) is 0 Å². The molecule has 0 aromatic heterocycles. The van der Waals surface area contributed by atoms with E-state index in [2.05, 4.69) is 28.2 Å². The smallest absolute Gasteiger partial charge is 0.251 e. The van der Waals surface area contributed by atoms with E-state index in [1.165, 1.54) is 12.8 Å². The van der Waals surface area contributed by atoms with Crippen molar-refractivity contribution >= 4 is 33.4 Å². The Labute approximate surface area is 115 Å². The lowest BCUT2D eigenvalue weighted by atomic mass is 10.1. The molecule has 0 heterocycles. The van der Waals surface area contributed by atoms with Gasteiger partial charge in [-0.05, 0) is 42.9 Å². The third-order valence-corrected chi connectivity index (χ3v) is 3.81. The minimum absolute atomic E-state index is 0.0549. The molecule has 0 radical (unpaired) electrons. The molecule has 1 amide bonds. The fourth-order valence-electron chi connectivity index (χ4n) is 1.87. The van der Waals surface area contributed by atoms with Crippen LogP contribution in [0.25, 0.3) is 0 Å². The van der Waals surface area contributed by atoms with Gasteiger partial charge in [0.2, 0.25) is 0 Å². The second-order valence-corrected chi connectivity index (χ2v) is 6.03. The quantitative estimate of drug-likeness (QED) is 0.897. The van der Waals surface area contributed by atoms with Gasteiger partial charge in [0.25, 0.3) is 5.91 Å². The van der Waals surface area contributed by atoms with Gasteiger partial charge in [0.05, 0.1) is 0 Å². The van der Waals surface area contributed by atoms with Crippen molar-refractivity contribution in [2.45, 2.75) is 19.8 Å². The summed E-state index contributed by atoms with van der Waals surface area (Å²) in [6.45, 7) is 2.93. The van der Waals surface area contributed by atoms with E-state index in [0.717, 1.165) is 16.9 Å². The van der Waals surface area contributed by atoms with Crippen molar-refractivity contribution in [2.24, 2.45) is 11.8 Å². The van der Waals surface area contributed by atoms with E-state index in [-0.39, 0.29) is 5.91 Å². The molecule has 0 bridgehead atoms. The molecule has 4 heteroatoms. The lowest BCUT2D eigenvalue weighted by molar-refractivity contribution is 0.0946. The minimum Gasteiger partial charge on any atom is -0.352 e. The van der Waals surface area contributed by atoms with Crippen LogP contribution in [0, 0.1) is 11.8 Å². The first kappa shape index (κ1) is 12.9. The van der Waals surface area contributed by atoms with Crippen LogP contribution in [-0.4, -0.2) is 12.5 Å². The number of halogens is 2. The van der Waals surface area contributed by atoms with Crippen molar-refractivity contribution in [3.05, 3.63) is 33.3 Å². The highest BCUT2D eigenvalue weighted by atomic mass is 79.9. The first-order valence-corrected chi connectivity index (χ1v) is 6.97. The highest BCUT2D eigenvalue weighted by Crippen LogP contribution is 2.36. The predicted octanol–water partition coefficient (Wildman–Crippen LogP) is 3.88. The zero-order chi connectivity index (χ0) is 12.4. The van der Waals surface area contributed by atoms with Gasteiger partial charge < -0.3 is 5.32 Å². The molecule has 0 spiro atoms. The van der Waals surface area contributed by atoms with E-state index < -0.39 is 0 Å². The Hall–Kier alpha value is -0.540. The van der Waals surface area contributed by atoms with E-state index in [0.29, 0.717) is 16.5 Å². The maximum atomic E-state index is 11.9. The molecule has 1 unspecified atom stereocenters. The summed E-state index contributed by atoms with van der Waals surface area (Å²) in [7, 11) is 0. The number of nitrogens with one attached hydrogen (secondary N) is 1. The highest BCUT2D eigenvalue weighted by Gasteiger charge is 2.27. The van der Waals surface area contributed by atoms with Crippen LogP contribution >= 0.6 is 27.5 Å². The number of carbonyl (C=O) groups is 1. The summed E-state index contributed by atoms with van der Waals surface area (Å²) in [6, 6.07) is 5.23. The average molecular weight is 317 g/mol. The van der Waals surface area contributed by atoms with Gasteiger partial charge in [0.1, 0.15) is 0 Å². The number of amides is 1. The summed E-state index contributed by atoms with van der Waals surface area (Å²) < 4.78 is 0.824. The maximum Gasteiger partial charge on any atom is 0.251 e. The highest BCUT2D eigenvalue weighted by molar-refractivity contribution is 9.10. The third-order valence-electron chi connectivity index (χ3n) is 3.14. The Bertz CT molecular complexity index is 411. The van der Waals surface area contributed by atoms with Crippen LogP contribution in [0.1, 0.15) is 30.1 Å². The molecule has 1 saturated carbocycles. The van der Waals surface area contributed by atoms with Crippen LogP contribution in [0.3, 0.4) is 0 Å². The average Bonchev–Trinajstić information content (AvgIpc) is 3.07. The van der Waals surface area contributed by atoms with Crippen molar-refractivity contribution < 1.29 is 4.79 Å². The Morgan fingerprint density at radius 2 is 2.24 bits per heavy atom. The molecule has 92 valence electrons. The van der Waals surface area contributed by atoms with E-state index in [4.69, 9.17) is 11.6 Å². The Morgan fingerprint density at radius 1 is 1.53 bits per heavy atom. The summed E-state index contributed by atoms with van der Waals surface area (Å²) in [6.07, 6.45) is 2.61. The topological polar surface area (TPSA) is 29.1 Å². The molecule has 1 N–H and O–H groups in total. The lowest BCUT2D eigenvalue weighted by Crippen LogP contribution is -2.29. The first-order valence-electron chi connectivity index (χ1n) is 5.80. The first-order chi connectivity index (χ1) is 8.06. The Morgan fingerprint density at radius 3 is 2.82 bits per heavy atom. The third kappa shape index (κ3) is 3.71. The molecular weight excluding hydrogens is 302 g/mol. The molecule has 0 aliphatic heterocycles. The van der Waals surface area contributed by atoms with Crippen LogP contribution in [0.15, 0.2) is 22.7 Å². The zero-order valence-electron chi connectivity index (χ0n) is 9.67. The zero-order valence-corrected chi connectivity index (χ0v) is 12.0. The van der Waals surface area contributed by atoms with E-state index in [1.807, 2.05) is 0 Å². The number of hydrogen-bond donors (Lipinski definition) is 1. The van der Waals surface area contributed by atoms with Gasteiger partial charge in [-0.3, -0.25) is 4.79 Å². The number of carbonyl (C=O) groups excluding carboxylic acids is 1. The molecular formula is C13H15BrClNO. The fourth-order valence-corrected chi connectivity index (χ4v) is 2.73. The molecule has 0 saturated heterocycles. The monoisotopic (exact) mass is 315 g/mol. The minimum atomic E-state index is -0.0549. The predicted molar refractivity (Wildman–Crippen MR) is 73.4 cm³/mol. The Kier molecular flexibility index (Phi) is 4.10. The SMILES string of the molecule is CC(CNC(=O)c1cc(Cl)cc(Br)c1)C1CC1. The van der Waals surface area contributed by atoms with Gasteiger partial charge in [-0.2, -0.15) is 0 Å². The molecule has 17 heavy (non-hydrogen) atoms. The molecule has 1 aliphatic carbocycles. The molecule has 1 fully saturated rings.